The highest BCUT2D eigenvalue weighted by Gasteiger charge is 2.44. The molecule has 1 unspecified atom stereocenters. The maximum absolute atomic E-state index is 11.5. The molecule has 15 heavy (non-hydrogen) atoms. The van der Waals surface area contributed by atoms with Crippen LogP contribution in [0.5, 0.6) is 0 Å². The topological polar surface area (TPSA) is 34.1 Å². The van der Waals surface area contributed by atoms with Gasteiger partial charge in [-0.15, -0.1) is 11.6 Å². The monoisotopic (exact) mass is 250 g/mol. The van der Waals surface area contributed by atoms with Gasteiger partial charge in [0.15, 0.2) is 9.84 Å². The van der Waals surface area contributed by atoms with Crippen molar-refractivity contribution in [3.63, 3.8) is 0 Å². The number of sulfone groups is 1. The van der Waals surface area contributed by atoms with Gasteiger partial charge in [0.1, 0.15) is 0 Å². The maximum Gasteiger partial charge on any atom is 0.150 e. The van der Waals surface area contributed by atoms with E-state index < -0.39 is 9.84 Å². The van der Waals surface area contributed by atoms with Gasteiger partial charge in [0, 0.05) is 5.88 Å². The predicted molar refractivity (Wildman–Crippen MR) is 63.0 cm³/mol. The average Bonchev–Trinajstić information content (AvgIpc) is 2.60. The number of alkyl halides is 1. The molecular formula is C11H19ClO2S. The fraction of sp³-hybridized carbons (Fsp3) is 1.00. The highest BCUT2D eigenvalue weighted by atomic mass is 35.5. The molecule has 1 saturated heterocycles. The summed E-state index contributed by atoms with van der Waals surface area (Å²) >= 11 is 6.12. The summed E-state index contributed by atoms with van der Waals surface area (Å²) in [6.45, 7) is 0. The Bertz CT molecular complexity index is 317. The lowest BCUT2D eigenvalue weighted by Crippen LogP contribution is -2.35. The first-order chi connectivity index (χ1) is 7.08. The van der Waals surface area contributed by atoms with E-state index >= 15 is 0 Å². The third-order valence-electron chi connectivity index (χ3n) is 4.21. The van der Waals surface area contributed by atoms with E-state index in [1.807, 2.05) is 0 Å². The van der Waals surface area contributed by atoms with Crippen molar-refractivity contribution >= 4 is 21.4 Å². The first-order valence-electron chi connectivity index (χ1n) is 5.84. The van der Waals surface area contributed by atoms with Crippen molar-refractivity contribution in [2.45, 2.75) is 38.5 Å². The molecule has 1 aliphatic heterocycles. The van der Waals surface area contributed by atoms with Crippen molar-refractivity contribution in [2.75, 3.05) is 17.4 Å². The maximum atomic E-state index is 11.5. The summed E-state index contributed by atoms with van der Waals surface area (Å²) in [5, 5.41) is 0. The number of hydrogen-bond acceptors (Lipinski definition) is 2. The smallest absolute Gasteiger partial charge is 0.150 e. The first kappa shape index (κ1) is 11.7. The van der Waals surface area contributed by atoms with Crippen molar-refractivity contribution in [1.82, 2.24) is 0 Å². The quantitative estimate of drug-likeness (QED) is 0.706. The van der Waals surface area contributed by atoms with Gasteiger partial charge in [0.05, 0.1) is 11.5 Å². The van der Waals surface area contributed by atoms with Gasteiger partial charge in [-0.2, -0.15) is 0 Å². The summed E-state index contributed by atoms with van der Waals surface area (Å²) in [4.78, 5) is 0. The standard InChI is InChI=1S/C11H19ClO2S/c12-9-11(5-2-1-3-6-11)10-4-7-15(13,14)8-10/h10H,1-9H2. The molecular weight excluding hydrogens is 232 g/mol. The zero-order chi connectivity index (χ0) is 10.9. The van der Waals surface area contributed by atoms with Crippen LogP contribution in [0.4, 0.5) is 0 Å². The Balaban J connectivity index is 2.13. The Morgan fingerprint density at radius 1 is 1.20 bits per heavy atom. The van der Waals surface area contributed by atoms with Crippen molar-refractivity contribution in [3.05, 3.63) is 0 Å². The Labute approximate surface area is 97.3 Å². The van der Waals surface area contributed by atoms with Crippen molar-refractivity contribution in [2.24, 2.45) is 11.3 Å². The van der Waals surface area contributed by atoms with E-state index in [1.54, 1.807) is 0 Å². The van der Waals surface area contributed by atoms with E-state index in [1.165, 1.54) is 19.3 Å². The van der Waals surface area contributed by atoms with E-state index in [2.05, 4.69) is 0 Å². The Morgan fingerprint density at radius 2 is 1.87 bits per heavy atom. The van der Waals surface area contributed by atoms with Crippen LogP contribution in [0.25, 0.3) is 0 Å². The van der Waals surface area contributed by atoms with Gasteiger partial charge in [0.2, 0.25) is 0 Å². The molecule has 4 heteroatoms. The van der Waals surface area contributed by atoms with Crippen LogP contribution in [0.1, 0.15) is 38.5 Å². The molecule has 2 rings (SSSR count). The van der Waals surface area contributed by atoms with Crippen LogP contribution in [0.3, 0.4) is 0 Å². The summed E-state index contributed by atoms with van der Waals surface area (Å²) in [5.74, 6) is 1.75. The third kappa shape index (κ3) is 2.33. The van der Waals surface area contributed by atoms with Gasteiger partial charge in [-0.1, -0.05) is 19.3 Å². The highest BCUT2D eigenvalue weighted by molar-refractivity contribution is 7.91. The van der Waals surface area contributed by atoms with Crippen LogP contribution in [0, 0.1) is 11.3 Å². The molecule has 2 nitrogen and oxygen atoms in total. The van der Waals surface area contributed by atoms with Gasteiger partial charge >= 0.3 is 0 Å². The molecule has 0 N–H and O–H groups in total. The molecule has 0 spiro atoms. The van der Waals surface area contributed by atoms with Gasteiger partial charge in [-0.3, -0.25) is 0 Å². The molecule has 1 atom stereocenters. The Kier molecular flexibility index (Phi) is 3.32. The fourth-order valence-electron chi connectivity index (χ4n) is 3.18. The van der Waals surface area contributed by atoms with Crippen LogP contribution in [0.15, 0.2) is 0 Å². The number of hydrogen-bond donors (Lipinski definition) is 0. The summed E-state index contributed by atoms with van der Waals surface area (Å²) in [6, 6.07) is 0. The normalized spacial score (nSPS) is 34.1. The van der Waals surface area contributed by atoms with Crippen LogP contribution < -0.4 is 0 Å². The Morgan fingerprint density at radius 3 is 2.33 bits per heavy atom. The van der Waals surface area contributed by atoms with Crippen LogP contribution in [0.2, 0.25) is 0 Å². The van der Waals surface area contributed by atoms with E-state index in [9.17, 15) is 8.42 Å². The second-order valence-corrected chi connectivity index (χ2v) is 7.65. The van der Waals surface area contributed by atoms with E-state index in [4.69, 9.17) is 11.6 Å². The second kappa shape index (κ2) is 4.25. The number of rotatable bonds is 2. The Hall–Kier alpha value is 0.240. The summed E-state index contributed by atoms with van der Waals surface area (Å²) in [7, 11) is -2.75. The molecule has 0 radical (unpaired) electrons. The zero-order valence-corrected chi connectivity index (χ0v) is 10.6. The van der Waals surface area contributed by atoms with Crippen LogP contribution >= 0.6 is 11.6 Å². The van der Waals surface area contributed by atoms with Crippen LogP contribution in [-0.2, 0) is 9.84 Å². The summed E-state index contributed by atoms with van der Waals surface area (Å²) in [6.07, 6.45) is 6.85. The average molecular weight is 251 g/mol. The lowest BCUT2D eigenvalue weighted by atomic mass is 9.67. The predicted octanol–water partition coefficient (Wildman–Crippen LogP) is 2.61. The molecule has 0 amide bonds. The molecule has 1 aliphatic carbocycles. The minimum absolute atomic E-state index is 0.142. The minimum atomic E-state index is -2.75. The zero-order valence-electron chi connectivity index (χ0n) is 9.04. The molecule has 0 aromatic carbocycles. The van der Waals surface area contributed by atoms with E-state index in [0.717, 1.165) is 19.3 Å². The lowest BCUT2D eigenvalue weighted by molar-refractivity contribution is 0.139. The molecule has 2 fully saturated rings. The molecule has 88 valence electrons. The van der Waals surface area contributed by atoms with E-state index in [-0.39, 0.29) is 5.41 Å². The van der Waals surface area contributed by atoms with E-state index in [0.29, 0.717) is 23.3 Å². The van der Waals surface area contributed by atoms with Gasteiger partial charge in [0.25, 0.3) is 0 Å². The van der Waals surface area contributed by atoms with Crippen molar-refractivity contribution < 1.29 is 8.42 Å². The summed E-state index contributed by atoms with van der Waals surface area (Å²) < 4.78 is 23.0. The molecule has 0 bridgehead atoms. The molecule has 0 aromatic rings. The third-order valence-corrected chi connectivity index (χ3v) is 6.51. The highest BCUT2D eigenvalue weighted by Crippen LogP contribution is 2.47. The fourth-order valence-corrected chi connectivity index (χ4v) is 5.61. The van der Waals surface area contributed by atoms with Gasteiger partial charge < -0.3 is 0 Å². The van der Waals surface area contributed by atoms with Crippen LogP contribution in [-0.4, -0.2) is 25.8 Å². The number of halogens is 1. The molecule has 2 aliphatic rings. The molecule has 1 saturated carbocycles. The SMILES string of the molecule is O=S1(=O)CCC(C2(CCl)CCCCC2)C1. The lowest BCUT2D eigenvalue weighted by Gasteiger charge is -2.40. The van der Waals surface area contributed by atoms with Gasteiger partial charge in [-0.25, -0.2) is 8.42 Å². The molecule has 1 heterocycles. The molecule has 0 aromatic heterocycles. The first-order valence-corrected chi connectivity index (χ1v) is 8.20. The van der Waals surface area contributed by atoms with Crippen molar-refractivity contribution in [1.29, 1.82) is 0 Å². The summed E-state index contributed by atoms with van der Waals surface area (Å²) in [5.41, 5.74) is 0.142. The van der Waals surface area contributed by atoms with Crippen molar-refractivity contribution in [3.8, 4) is 0 Å². The van der Waals surface area contributed by atoms with Gasteiger partial charge in [-0.05, 0) is 30.6 Å². The minimum Gasteiger partial charge on any atom is -0.229 e. The second-order valence-electron chi connectivity index (χ2n) is 5.16. The largest absolute Gasteiger partial charge is 0.229 e.